The topological polar surface area (TPSA) is 74.3 Å². The SMILES string of the molecule is O=C(NCCc1nc2c(s1)CCC2)[C@H]1[C@@H]2CNC[C@@H](C2)[C@@H]2CCCC(=O)N21. The lowest BCUT2D eigenvalue weighted by molar-refractivity contribution is -0.157. The number of rotatable bonds is 4. The number of carbonyl (C=O) groups is 2. The molecule has 3 aliphatic heterocycles. The Morgan fingerprint density at radius 3 is 3.00 bits per heavy atom. The summed E-state index contributed by atoms with van der Waals surface area (Å²) in [6.45, 7) is 2.43. The number of nitrogens with zero attached hydrogens (tertiary/aromatic N) is 2. The lowest BCUT2D eigenvalue weighted by Crippen LogP contribution is -2.68. The first-order valence-electron chi connectivity index (χ1n) is 10.5. The lowest BCUT2D eigenvalue weighted by atomic mass is 9.72. The third-order valence-corrected chi connectivity index (χ3v) is 8.01. The van der Waals surface area contributed by atoms with Crippen molar-refractivity contribution >= 4 is 23.2 Å². The highest BCUT2D eigenvalue weighted by atomic mass is 32.1. The van der Waals surface area contributed by atoms with Crippen LogP contribution in [0, 0.1) is 11.8 Å². The van der Waals surface area contributed by atoms with Gasteiger partial charge in [0.15, 0.2) is 0 Å². The van der Waals surface area contributed by atoms with Crippen molar-refractivity contribution in [1.29, 1.82) is 0 Å². The maximum atomic E-state index is 13.1. The molecule has 2 N–H and O–H groups in total. The highest BCUT2D eigenvalue weighted by Crippen LogP contribution is 2.39. The minimum Gasteiger partial charge on any atom is -0.354 e. The van der Waals surface area contributed by atoms with E-state index in [1.54, 1.807) is 11.3 Å². The maximum Gasteiger partial charge on any atom is 0.243 e. The van der Waals surface area contributed by atoms with Crippen LogP contribution in [0.3, 0.4) is 0 Å². The zero-order valence-corrected chi connectivity index (χ0v) is 16.5. The van der Waals surface area contributed by atoms with Crippen LogP contribution in [0.2, 0.25) is 0 Å². The Labute approximate surface area is 164 Å². The number of aromatic nitrogens is 1. The Bertz CT molecular complexity index is 727. The van der Waals surface area contributed by atoms with E-state index in [0.717, 1.165) is 56.6 Å². The van der Waals surface area contributed by atoms with Gasteiger partial charge >= 0.3 is 0 Å². The molecule has 6 nitrogen and oxygen atoms in total. The second kappa shape index (κ2) is 7.17. The summed E-state index contributed by atoms with van der Waals surface area (Å²) in [7, 11) is 0. The highest BCUT2D eigenvalue weighted by molar-refractivity contribution is 7.11. The number of hydrogen-bond donors (Lipinski definition) is 2. The van der Waals surface area contributed by atoms with Crippen molar-refractivity contribution in [2.24, 2.45) is 11.8 Å². The van der Waals surface area contributed by atoms with Gasteiger partial charge in [0.2, 0.25) is 11.8 Å². The predicted octanol–water partition coefficient (Wildman–Crippen LogP) is 1.28. The number of aryl methyl sites for hydroxylation is 2. The largest absolute Gasteiger partial charge is 0.354 e. The van der Waals surface area contributed by atoms with E-state index >= 15 is 0 Å². The minimum atomic E-state index is -0.298. The first kappa shape index (κ1) is 17.6. The van der Waals surface area contributed by atoms with Gasteiger partial charge in [-0.1, -0.05) is 0 Å². The molecule has 1 aliphatic carbocycles. The van der Waals surface area contributed by atoms with Crippen LogP contribution in [0.25, 0.3) is 0 Å². The fraction of sp³-hybridized carbons (Fsp3) is 0.750. The summed E-state index contributed by atoms with van der Waals surface area (Å²) in [4.78, 5) is 33.9. The van der Waals surface area contributed by atoms with Crippen LogP contribution in [0.5, 0.6) is 0 Å². The smallest absolute Gasteiger partial charge is 0.243 e. The summed E-state index contributed by atoms with van der Waals surface area (Å²) < 4.78 is 0. The quantitative estimate of drug-likeness (QED) is 0.815. The molecule has 0 aromatic carbocycles. The average molecular weight is 389 g/mol. The molecule has 0 unspecified atom stereocenters. The number of piperidine rings is 3. The third-order valence-electron chi connectivity index (χ3n) is 6.79. The number of fused-ring (bicyclic) bond motifs is 5. The molecule has 4 aliphatic rings. The zero-order valence-electron chi connectivity index (χ0n) is 15.7. The number of nitrogens with one attached hydrogen (secondary N) is 2. The van der Waals surface area contributed by atoms with E-state index < -0.39 is 0 Å². The standard InChI is InChI=1S/C20H28N4O2S/c25-18-6-2-4-15-12-9-13(11-21-10-12)19(24(15)18)20(26)22-8-7-17-23-14-3-1-5-16(14)27-17/h12-13,15,19,21H,1-11H2,(H,22,26)/t12-,13+,15+,19-/m1/s1. The Kier molecular flexibility index (Phi) is 4.68. The van der Waals surface area contributed by atoms with Gasteiger partial charge in [0.05, 0.1) is 10.7 Å². The van der Waals surface area contributed by atoms with Gasteiger partial charge in [-0.05, 0) is 51.0 Å². The summed E-state index contributed by atoms with van der Waals surface area (Å²) in [6.07, 6.45) is 7.96. The summed E-state index contributed by atoms with van der Waals surface area (Å²) in [5, 5.41) is 7.76. The second-order valence-corrected chi connectivity index (χ2v) is 9.66. The molecule has 27 heavy (non-hydrogen) atoms. The average Bonchev–Trinajstić information content (AvgIpc) is 3.25. The van der Waals surface area contributed by atoms with Crippen molar-refractivity contribution in [3.63, 3.8) is 0 Å². The molecule has 1 aromatic heterocycles. The van der Waals surface area contributed by atoms with Crippen LogP contribution in [0.1, 0.15) is 47.7 Å². The molecule has 7 heteroatoms. The van der Waals surface area contributed by atoms with Crippen molar-refractivity contribution in [3.8, 4) is 0 Å². The normalized spacial score (nSPS) is 32.1. The molecular weight excluding hydrogens is 360 g/mol. The fourth-order valence-electron chi connectivity index (χ4n) is 5.60. The van der Waals surface area contributed by atoms with Crippen LogP contribution >= 0.6 is 11.3 Å². The minimum absolute atomic E-state index is 0.0338. The Hall–Kier alpha value is -1.47. The molecule has 1 aromatic rings. The molecule has 4 heterocycles. The summed E-state index contributed by atoms with van der Waals surface area (Å²) in [6, 6.07) is -0.0545. The molecule has 0 saturated carbocycles. The van der Waals surface area contributed by atoms with E-state index in [1.807, 2.05) is 4.90 Å². The van der Waals surface area contributed by atoms with Gasteiger partial charge in [0.25, 0.3) is 0 Å². The van der Waals surface area contributed by atoms with Crippen LogP contribution in [-0.4, -0.2) is 53.4 Å². The summed E-state index contributed by atoms with van der Waals surface area (Å²) in [5.41, 5.74) is 1.27. The monoisotopic (exact) mass is 388 g/mol. The van der Waals surface area contributed by atoms with Crippen molar-refractivity contribution in [1.82, 2.24) is 20.5 Å². The van der Waals surface area contributed by atoms with Gasteiger partial charge < -0.3 is 15.5 Å². The molecule has 2 amide bonds. The molecule has 146 valence electrons. The highest BCUT2D eigenvalue weighted by Gasteiger charge is 2.50. The Balaban J connectivity index is 1.25. The van der Waals surface area contributed by atoms with Crippen LogP contribution < -0.4 is 10.6 Å². The van der Waals surface area contributed by atoms with E-state index in [4.69, 9.17) is 4.98 Å². The summed E-state index contributed by atoms with van der Waals surface area (Å²) in [5.74, 6) is 0.964. The Morgan fingerprint density at radius 2 is 2.11 bits per heavy atom. The molecule has 0 spiro atoms. The number of carbonyl (C=O) groups excluding carboxylic acids is 2. The zero-order chi connectivity index (χ0) is 18.4. The van der Waals surface area contributed by atoms with Crippen molar-refractivity contribution in [2.45, 2.75) is 63.5 Å². The Morgan fingerprint density at radius 1 is 1.22 bits per heavy atom. The van der Waals surface area contributed by atoms with Crippen molar-refractivity contribution in [3.05, 3.63) is 15.6 Å². The van der Waals surface area contributed by atoms with Gasteiger partial charge in [-0.25, -0.2) is 4.98 Å². The van der Waals surface area contributed by atoms with E-state index in [1.165, 1.54) is 17.0 Å². The van der Waals surface area contributed by atoms with E-state index in [-0.39, 0.29) is 29.8 Å². The van der Waals surface area contributed by atoms with Gasteiger partial charge in [-0.2, -0.15) is 0 Å². The van der Waals surface area contributed by atoms with Crippen molar-refractivity contribution < 1.29 is 9.59 Å². The number of thiazole rings is 1. The van der Waals surface area contributed by atoms with Gasteiger partial charge in [-0.3, -0.25) is 9.59 Å². The van der Waals surface area contributed by atoms with E-state index in [0.29, 0.717) is 18.9 Å². The first-order valence-corrected chi connectivity index (χ1v) is 11.3. The first-order chi connectivity index (χ1) is 13.2. The molecule has 2 bridgehead atoms. The van der Waals surface area contributed by atoms with Gasteiger partial charge in [-0.15, -0.1) is 11.3 Å². The maximum absolute atomic E-state index is 13.1. The van der Waals surface area contributed by atoms with Gasteiger partial charge in [0, 0.05) is 42.8 Å². The van der Waals surface area contributed by atoms with Gasteiger partial charge in [0.1, 0.15) is 6.04 Å². The molecular formula is C20H28N4O2S. The van der Waals surface area contributed by atoms with E-state index in [9.17, 15) is 9.59 Å². The van der Waals surface area contributed by atoms with Crippen LogP contribution in [0.4, 0.5) is 0 Å². The van der Waals surface area contributed by atoms with E-state index in [2.05, 4.69) is 10.6 Å². The summed E-state index contributed by atoms with van der Waals surface area (Å²) >= 11 is 1.81. The molecule has 5 rings (SSSR count). The molecule has 4 atom stereocenters. The lowest BCUT2D eigenvalue weighted by Gasteiger charge is -2.53. The molecule has 3 fully saturated rings. The second-order valence-electron chi connectivity index (χ2n) is 8.49. The fourth-order valence-corrected chi connectivity index (χ4v) is 6.75. The van der Waals surface area contributed by atoms with Crippen LogP contribution in [-0.2, 0) is 28.9 Å². The molecule has 0 radical (unpaired) electrons. The van der Waals surface area contributed by atoms with Crippen molar-refractivity contribution in [2.75, 3.05) is 19.6 Å². The third kappa shape index (κ3) is 3.18. The molecule has 3 saturated heterocycles. The number of amides is 2. The predicted molar refractivity (Wildman–Crippen MR) is 104 cm³/mol. The van der Waals surface area contributed by atoms with Crippen LogP contribution in [0.15, 0.2) is 0 Å². The number of hydrogen-bond acceptors (Lipinski definition) is 5.